The average molecular weight is 215 g/mol. The highest BCUT2D eigenvalue weighted by atomic mass is 79.9. The summed E-state index contributed by atoms with van der Waals surface area (Å²) in [4.78, 5) is 0. The molecule has 0 spiro atoms. The van der Waals surface area contributed by atoms with Crippen molar-refractivity contribution in [3.63, 3.8) is 0 Å². The van der Waals surface area contributed by atoms with Crippen LogP contribution in [0.1, 0.15) is 25.6 Å². The van der Waals surface area contributed by atoms with E-state index in [0.717, 1.165) is 10.2 Å². The summed E-state index contributed by atoms with van der Waals surface area (Å²) in [7, 11) is 0. The number of nitrogens with zero attached hydrogens (tertiary/aromatic N) is 2. The maximum Gasteiger partial charge on any atom is 0.0749 e. The zero-order valence-corrected chi connectivity index (χ0v) is 8.30. The van der Waals surface area contributed by atoms with Crippen molar-refractivity contribution in [3.8, 4) is 0 Å². The predicted octanol–water partition coefficient (Wildman–Crippen LogP) is 2.87. The number of hydrogen-bond donors (Lipinski definition) is 0. The van der Waals surface area contributed by atoms with Crippen LogP contribution >= 0.6 is 15.9 Å². The van der Waals surface area contributed by atoms with Gasteiger partial charge >= 0.3 is 0 Å². The molecular weight excluding hydrogens is 204 g/mol. The standard InChI is InChI=1S/C8H11BrN2/c1-4-8-7(9)5-10-11(8)6(2)3/h4-6H,1H2,2-3H3. The normalized spacial score (nSPS) is 10.5. The van der Waals surface area contributed by atoms with Gasteiger partial charge < -0.3 is 0 Å². The Hall–Kier alpha value is -0.570. The largest absolute Gasteiger partial charge is 0.262 e. The first-order valence-corrected chi connectivity index (χ1v) is 4.31. The first-order valence-electron chi connectivity index (χ1n) is 3.52. The SMILES string of the molecule is C=Cc1c(Br)cnn1C(C)C. The second-order valence-corrected chi connectivity index (χ2v) is 3.47. The van der Waals surface area contributed by atoms with E-state index in [2.05, 4.69) is 41.5 Å². The van der Waals surface area contributed by atoms with Crippen LogP contribution in [-0.2, 0) is 0 Å². The highest BCUT2D eigenvalue weighted by molar-refractivity contribution is 9.10. The van der Waals surface area contributed by atoms with Crippen molar-refractivity contribution < 1.29 is 0 Å². The lowest BCUT2D eigenvalue weighted by atomic mass is 10.3. The Morgan fingerprint density at radius 2 is 2.36 bits per heavy atom. The van der Waals surface area contributed by atoms with Gasteiger partial charge in [-0.25, -0.2) is 0 Å². The van der Waals surface area contributed by atoms with Crippen LogP contribution in [0.5, 0.6) is 0 Å². The highest BCUT2D eigenvalue weighted by Crippen LogP contribution is 2.19. The van der Waals surface area contributed by atoms with Crippen molar-refractivity contribution in [2.75, 3.05) is 0 Å². The van der Waals surface area contributed by atoms with Gasteiger partial charge in [-0.2, -0.15) is 5.10 Å². The van der Waals surface area contributed by atoms with Crippen LogP contribution in [0.2, 0.25) is 0 Å². The van der Waals surface area contributed by atoms with Gasteiger partial charge in [0.2, 0.25) is 0 Å². The first-order chi connectivity index (χ1) is 5.16. The molecule has 0 N–H and O–H groups in total. The van der Waals surface area contributed by atoms with E-state index in [9.17, 15) is 0 Å². The minimum atomic E-state index is 0.384. The molecule has 1 aromatic rings. The molecule has 1 heterocycles. The lowest BCUT2D eigenvalue weighted by molar-refractivity contribution is 0.528. The van der Waals surface area contributed by atoms with E-state index in [1.807, 2.05) is 4.68 Å². The van der Waals surface area contributed by atoms with E-state index in [-0.39, 0.29) is 0 Å². The highest BCUT2D eigenvalue weighted by Gasteiger charge is 2.06. The van der Waals surface area contributed by atoms with E-state index < -0.39 is 0 Å². The van der Waals surface area contributed by atoms with Gasteiger partial charge in [-0.05, 0) is 35.9 Å². The van der Waals surface area contributed by atoms with Crippen LogP contribution in [0.15, 0.2) is 17.2 Å². The van der Waals surface area contributed by atoms with Crippen LogP contribution in [-0.4, -0.2) is 9.78 Å². The zero-order valence-electron chi connectivity index (χ0n) is 6.71. The van der Waals surface area contributed by atoms with E-state index in [1.54, 1.807) is 12.3 Å². The Balaban J connectivity index is 3.15. The van der Waals surface area contributed by atoms with Crippen molar-refractivity contribution >= 4 is 22.0 Å². The quantitative estimate of drug-likeness (QED) is 0.741. The van der Waals surface area contributed by atoms with E-state index in [4.69, 9.17) is 0 Å². The molecule has 0 unspecified atom stereocenters. The summed E-state index contributed by atoms with van der Waals surface area (Å²) in [6.45, 7) is 7.90. The third kappa shape index (κ3) is 1.53. The first kappa shape index (κ1) is 8.53. The molecule has 0 aliphatic heterocycles. The van der Waals surface area contributed by atoms with E-state index >= 15 is 0 Å². The molecule has 1 aromatic heterocycles. The van der Waals surface area contributed by atoms with E-state index in [0.29, 0.717) is 6.04 Å². The van der Waals surface area contributed by atoms with Crippen molar-refractivity contribution in [1.82, 2.24) is 9.78 Å². The van der Waals surface area contributed by atoms with Crippen molar-refractivity contribution in [3.05, 3.63) is 22.9 Å². The minimum absolute atomic E-state index is 0.384. The summed E-state index contributed by atoms with van der Waals surface area (Å²) in [5.74, 6) is 0. The minimum Gasteiger partial charge on any atom is -0.262 e. The Labute approximate surface area is 75.0 Å². The molecule has 0 atom stereocenters. The van der Waals surface area contributed by atoms with Crippen molar-refractivity contribution in [2.45, 2.75) is 19.9 Å². The Morgan fingerprint density at radius 3 is 2.73 bits per heavy atom. The molecule has 0 radical (unpaired) electrons. The molecule has 0 saturated heterocycles. The maximum atomic E-state index is 4.18. The molecule has 0 amide bonds. The van der Waals surface area contributed by atoms with Crippen LogP contribution in [0.25, 0.3) is 6.08 Å². The lowest BCUT2D eigenvalue weighted by Gasteiger charge is -2.07. The van der Waals surface area contributed by atoms with Gasteiger partial charge in [-0.1, -0.05) is 6.58 Å². The Kier molecular flexibility index (Phi) is 2.49. The maximum absolute atomic E-state index is 4.18. The van der Waals surface area contributed by atoms with Gasteiger partial charge in [-0.3, -0.25) is 4.68 Å². The fourth-order valence-corrected chi connectivity index (χ4v) is 1.39. The second kappa shape index (κ2) is 3.22. The topological polar surface area (TPSA) is 17.8 Å². The molecule has 0 fully saturated rings. The molecule has 0 bridgehead atoms. The molecule has 0 aliphatic rings. The molecule has 0 aromatic carbocycles. The molecule has 60 valence electrons. The van der Waals surface area contributed by atoms with Crippen LogP contribution in [0.4, 0.5) is 0 Å². The molecular formula is C8H11BrN2. The predicted molar refractivity (Wildman–Crippen MR) is 50.4 cm³/mol. The number of aromatic nitrogens is 2. The molecule has 11 heavy (non-hydrogen) atoms. The van der Waals surface area contributed by atoms with Gasteiger partial charge in [-0.15, -0.1) is 0 Å². The average Bonchev–Trinajstić information content (AvgIpc) is 2.30. The van der Waals surface area contributed by atoms with Crippen molar-refractivity contribution in [2.24, 2.45) is 0 Å². The monoisotopic (exact) mass is 214 g/mol. The van der Waals surface area contributed by atoms with E-state index in [1.165, 1.54) is 0 Å². The fourth-order valence-electron chi connectivity index (χ4n) is 0.953. The third-order valence-electron chi connectivity index (χ3n) is 1.47. The summed E-state index contributed by atoms with van der Waals surface area (Å²) >= 11 is 3.39. The van der Waals surface area contributed by atoms with Gasteiger partial charge in [0, 0.05) is 6.04 Å². The molecule has 0 aliphatic carbocycles. The van der Waals surface area contributed by atoms with Crippen LogP contribution < -0.4 is 0 Å². The smallest absolute Gasteiger partial charge is 0.0749 e. The van der Waals surface area contributed by atoms with Gasteiger partial charge in [0.1, 0.15) is 0 Å². The number of rotatable bonds is 2. The summed E-state index contributed by atoms with van der Waals surface area (Å²) in [6.07, 6.45) is 3.59. The van der Waals surface area contributed by atoms with Crippen molar-refractivity contribution in [1.29, 1.82) is 0 Å². The summed E-state index contributed by atoms with van der Waals surface area (Å²) < 4.78 is 2.93. The lowest BCUT2D eigenvalue weighted by Crippen LogP contribution is -2.04. The van der Waals surface area contributed by atoms with Crippen LogP contribution in [0, 0.1) is 0 Å². The third-order valence-corrected chi connectivity index (χ3v) is 2.08. The second-order valence-electron chi connectivity index (χ2n) is 2.62. The summed E-state index contributed by atoms with van der Waals surface area (Å²) in [5.41, 5.74) is 1.04. The number of halogens is 1. The van der Waals surface area contributed by atoms with Gasteiger partial charge in [0.15, 0.2) is 0 Å². The van der Waals surface area contributed by atoms with Gasteiger partial charge in [0.25, 0.3) is 0 Å². The molecule has 1 rings (SSSR count). The summed E-state index contributed by atoms with van der Waals surface area (Å²) in [5, 5.41) is 4.18. The zero-order chi connectivity index (χ0) is 8.43. The summed E-state index contributed by atoms with van der Waals surface area (Å²) in [6, 6.07) is 0.384. The Bertz CT molecular complexity index is 263. The number of hydrogen-bond acceptors (Lipinski definition) is 1. The molecule has 0 saturated carbocycles. The Morgan fingerprint density at radius 1 is 1.73 bits per heavy atom. The molecule has 3 heteroatoms. The fraction of sp³-hybridized carbons (Fsp3) is 0.375. The molecule has 2 nitrogen and oxygen atoms in total. The van der Waals surface area contributed by atoms with Gasteiger partial charge in [0.05, 0.1) is 16.4 Å². The van der Waals surface area contributed by atoms with Crippen LogP contribution in [0.3, 0.4) is 0 Å².